The first-order valence-corrected chi connectivity index (χ1v) is 10.8. The molecular weight excluding hydrogens is 407 g/mol. The van der Waals surface area contributed by atoms with Gasteiger partial charge < -0.3 is 14.7 Å². The highest BCUT2D eigenvalue weighted by Gasteiger charge is 2.39. The number of amides is 3. The third kappa shape index (κ3) is 3.27. The number of hydrogen-bond donors (Lipinski definition) is 0. The number of rotatable bonds is 3. The number of aromatic nitrogens is 1. The third-order valence-electron chi connectivity index (χ3n) is 5.89. The van der Waals surface area contributed by atoms with Gasteiger partial charge in [0.2, 0.25) is 5.91 Å². The number of carbonyl (C=O) groups excluding carboxylic acids is 3. The average molecular weight is 428 g/mol. The highest BCUT2D eigenvalue weighted by atomic mass is 32.1. The fraction of sp³-hybridized carbons (Fsp3) is 0.429. The summed E-state index contributed by atoms with van der Waals surface area (Å²) in [4.78, 5) is 48.3. The number of pyridine rings is 1. The van der Waals surface area contributed by atoms with Crippen molar-refractivity contribution < 1.29 is 18.8 Å². The SMILES string of the molecule is CN1CC(=O)N(CC2CC2)c2sc3c(c2C1=O)CCN(C(=O)c1cncc(F)c1)C3. The molecule has 1 saturated carbocycles. The highest BCUT2D eigenvalue weighted by molar-refractivity contribution is 7.17. The monoisotopic (exact) mass is 428 g/mol. The standard InChI is InChI=1S/C21H21FN4O3S/c1-24-11-17(27)26(9-12-2-3-12)21-18(20(24)29)15-4-5-25(10-16(15)30-21)19(28)13-6-14(22)8-23-7-13/h6-8,12H,2-5,9-11H2,1H3. The second kappa shape index (κ2) is 7.16. The molecular formula is C21H21FN4O3S. The minimum atomic E-state index is -0.552. The Hall–Kier alpha value is -2.81. The zero-order valence-corrected chi connectivity index (χ0v) is 17.4. The van der Waals surface area contributed by atoms with E-state index in [0.29, 0.717) is 42.5 Å². The molecule has 30 heavy (non-hydrogen) atoms. The van der Waals surface area contributed by atoms with Gasteiger partial charge in [-0.1, -0.05) is 0 Å². The second-order valence-corrected chi connectivity index (χ2v) is 9.25. The lowest BCUT2D eigenvalue weighted by atomic mass is 10.0. The van der Waals surface area contributed by atoms with E-state index in [0.717, 1.165) is 29.5 Å². The summed E-state index contributed by atoms with van der Waals surface area (Å²) in [6, 6.07) is 1.18. The van der Waals surface area contributed by atoms with Crippen LogP contribution in [0, 0.1) is 11.7 Å². The Morgan fingerprint density at radius 2 is 2.07 bits per heavy atom. The zero-order valence-electron chi connectivity index (χ0n) is 16.6. The van der Waals surface area contributed by atoms with Crippen molar-refractivity contribution in [2.45, 2.75) is 25.8 Å². The van der Waals surface area contributed by atoms with Crippen LogP contribution in [0.4, 0.5) is 9.39 Å². The van der Waals surface area contributed by atoms with Gasteiger partial charge in [-0.3, -0.25) is 19.4 Å². The molecule has 0 radical (unpaired) electrons. The van der Waals surface area contributed by atoms with Crippen LogP contribution in [-0.2, 0) is 17.8 Å². The first-order valence-electron chi connectivity index (χ1n) is 10.0. The summed E-state index contributed by atoms with van der Waals surface area (Å²) in [6.45, 7) is 1.49. The van der Waals surface area contributed by atoms with Gasteiger partial charge in [0.15, 0.2) is 0 Å². The molecule has 1 aliphatic carbocycles. The van der Waals surface area contributed by atoms with Gasteiger partial charge in [-0.05, 0) is 36.8 Å². The summed E-state index contributed by atoms with van der Waals surface area (Å²) in [5.41, 5.74) is 1.75. The number of nitrogens with zero attached hydrogens (tertiary/aromatic N) is 4. The molecule has 2 aromatic heterocycles. The predicted molar refractivity (Wildman–Crippen MR) is 109 cm³/mol. The molecule has 0 bridgehead atoms. The van der Waals surface area contributed by atoms with Crippen LogP contribution in [0.3, 0.4) is 0 Å². The first kappa shape index (κ1) is 19.2. The Balaban J connectivity index is 1.49. The molecule has 0 aromatic carbocycles. The Labute approximate surface area is 177 Å². The number of carbonyl (C=O) groups is 3. The lowest BCUT2D eigenvalue weighted by molar-refractivity contribution is -0.119. The van der Waals surface area contributed by atoms with Crippen molar-refractivity contribution in [2.75, 3.05) is 31.6 Å². The van der Waals surface area contributed by atoms with E-state index in [2.05, 4.69) is 4.98 Å². The molecule has 5 rings (SSSR count). The van der Waals surface area contributed by atoms with Crippen LogP contribution < -0.4 is 4.90 Å². The van der Waals surface area contributed by atoms with Gasteiger partial charge in [0.05, 0.1) is 23.9 Å². The van der Waals surface area contributed by atoms with Crippen molar-refractivity contribution in [3.05, 3.63) is 45.8 Å². The Kier molecular flexibility index (Phi) is 4.57. The van der Waals surface area contributed by atoms with Gasteiger partial charge in [-0.25, -0.2) is 4.39 Å². The van der Waals surface area contributed by atoms with Crippen molar-refractivity contribution in [3.63, 3.8) is 0 Å². The van der Waals surface area contributed by atoms with Crippen molar-refractivity contribution in [2.24, 2.45) is 5.92 Å². The van der Waals surface area contributed by atoms with Crippen LogP contribution in [0.5, 0.6) is 0 Å². The van der Waals surface area contributed by atoms with Crippen LogP contribution in [-0.4, -0.2) is 59.2 Å². The Morgan fingerprint density at radius 3 is 2.80 bits per heavy atom. The average Bonchev–Trinajstić information content (AvgIpc) is 3.49. The summed E-state index contributed by atoms with van der Waals surface area (Å²) < 4.78 is 13.5. The highest BCUT2D eigenvalue weighted by Crippen LogP contribution is 2.43. The van der Waals surface area contributed by atoms with E-state index in [-0.39, 0.29) is 29.8 Å². The molecule has 0 atom stereocenters. The molecule has 0 N–H and O–H groups in total. The zero-order chi connectivity index (χ0) is 21.0. The molecule has 7 nitrogen and oxygen atoms in total. The Bertz CT molecular complexity index is 1060. The van der Waals surface area contributed by atoms with Gasteiger partial charge in [0, 0.05) is 31.2 Å². The van der Waals surface area contributed by atoms with Crippen LogP contribution in [0.2, 0.25) is 0 Å². The summed E-state index contributed by atoms with van der Waals surface area (Å²) in [6.07, 6.45) is 5.17. The summed E-state index contributed by atoms with van der Waals surface area (Å²) in [5, 5.41) is 0.716. The molecule has 0 spiro atoms. The van der Waals surface area contributed by atoms with E-state index in [1.54, 1.807) is 16.8 Å². The topological polar surface area (TPSA) is 73.8 Å². The molecule has 4 heterocycles. The summed E-state index contributed by atoms with van der Waals surface area (Å²) in [5.74, 6) is -0.537. The van der Waals surface area contributed by atoms with E-state index in [9.17, 15) is 18.8 Å². The van der Waals surface area contributed by atoms with E-state index < -0.39 is 5.82 Å². The molecule has 0 saturated heterocycles. The van der Waals surface area contributed by atoms with Crippen LogP contribution in [0.25, 0.3) is 0 Å². The number of anilines is 1. The number of hydrogen-bond acceptors (Lipinski definition) is 5. The lowest BCUT2D eigenvalue weighted by Crippen LogP contribution is -2.38. The minimum absolute atomic E-state index is 0.0612. The number of likely N-dealkylation sites (N-methyl/N-ethyl adjacent to an activating group) is 1. The molecule has 9 heteroatoms. The maximum absolute atomic E-state index is 13.5. The lowest BCUT2D eigenvalue weighted by Gasteiger charge is -2.27. The molecule has 2 aliphatic heterocycles. The van der Waals surface area contributed by atoms with Crippen molar-refractivity contribution in [3.8, 4) is 0 Å². The number of fused-ring (bicyclic) bond motifs is 3. The molecule has 3 amide bonds. The molecule has 0 unspecified atom stereocenters. The van der Waals surface area contributed by atoms with E-state index in [1.165, 1.54) is 28.5 Å². The molecule has 2 aromatic rings. The van der Waals surface area contributed by atoms with E-state index in [4.69, 9.17) is 0 Å². The summed E-state index contributed by atoms with van der Waals surface area (Å²) >= 11 is 1.43. The van der Waals surface area contributed by atoms with E-state index in [1.807, 2.05) is 0 Å². The third-order valence-corrected chi connectivity index (χ3v) is 7.13. The van der Waals surface area contributed by atoms with Crippen molar-refractivity contribution in [1.29, 1.82) is 0 Å². The van der Waals surface area contributed by atoms with Crippen LogP contribution in [0.15, 0.2) is 18.5 Å². The number of thiophene rings is 1. The van der Waals surface area contributed by atoms with Crippen molar-refractivity contribution >= 4 is 34.1 Å². The first-order chi connectivity index (χ1) is 14.4. The van der Waals surface area contributed by atoms with Gasteiger partial charge >= 0.3 is 0 Å². The smallest absolute Gasteiger partial charge is 0.257 e. The second-order valence-electron chi connectivity index (χ2n) is 8.16. The largest absolute Gasteiger partial charge is 0.333 e. The number of halogens is 1. The van der Waals surface area contributed by atoms with E-state index >= 15 is 0 Å². The fourth-order valence-corrected chi connectivity index (χ4v) is 5.47. The van der Waals surface area contributed by atoms with Crippen LogP contribution in [0.1, 0.15) is 44.0 Å². The maximum Gasteiger partial charge on any atom is 0.257 e. The van der Waals surface area contributed by atoms with Crippen molar-refractivity contribution in [1.82, 2.24) is 14.8 Å². The van der Waals surface area contributed by atoms with Gasteiger partial charge in [0.25, 0.3) is 11.8 Å². The van der Waals surface area contributed by atoms with Crippen LogP contribution >= 0.6 is 11.3 Å². The Morgan fingerprint density at radius 1 is 1.27 bits per heavy atom. The predicted octanol–water partition coefficient (Wildman–Crippen LogP) is 2.31. The molecule has 156 valence electrons. The summed E-state index contributed by atoms with van der Waals surface area (Å²) in [7, 11) is 1.66. The van der Waals surface area contributed by atoms with Gasteiger partial charge in [0.1, 0.15) is 17.4 Å². The van der Waals surface area contributed by atoms with Gasteiger partial charge in [-0.2, -0.15) is 0 Å². The molecule has 1 fully saturated rings. The minimum Gasteiger partial charge on any atom is -0.333 e. The fourth-order valence-electron chi connectivity index (χ4n) is 4.09. The normalized spacial score (nSPS) is 18.9. The quantitative estimate of drug-likeness (QED) is 0.752. The van der Waals surface area contributed by atoms with Gasteiger partial charge in [-0.15, -0.1) is 11.3 Å². The maximum atomic E-state index is 13.5. The molecule has 3 aliphatic rings.